The molecule has 0 saturated carbocycles. The van der Waals surface area contributed by atoms with Crippen molar-refractivity contribution in [2.45, 2.75) is 20.4 Å². The molecule has 4 rings (SSSR count). The number of H-pyrrole nitrogens is 1. The summed E-state index contributed by atoms with van der Waals surface area (Å²) in [4.78, 5) is 17.8. The van der Waals surface area contributed by atoms with Crippen molar-refractivity contribution in [2.75, 3.05) is 7.05 Å². The van der Waals surface area contributed by atoms with Gasteiger partial charge >= 0.3 is 0 Å². The zero-order valence-electron chi connectivity index (χ0n) is 16.0. The van der Waals surface area contributed by atoms with Crippen LogP contribution in [0.3, 0.4) is 0 Å². The summed E-state index contributed by atoms with van der Waals surface area (Å²) in [6.07, 6.45) is 0. The van der Waals surface area contributed by atoms with Crippen LogP contribution in [0.15, 0.2) is 54.6 Å². The molecule has 5 nitrogen and oxygen atoms in total. The van der Waals surface area contributed by atoms with Gasteiger partial charge in [0, 0.05) is 35.8 Å². The molecular weight excluding hydrogens is 372 g/mol. The van der Waals surface area contributed by atoms with Crippen LogP contribution in [0.4, 0.5) is 0 Å². The van der Waals surface area contributed by atoms with Crippen LogP contribution in [0.5, 0.6) is 0 Å². The number of amides is 1. The second-order valence-electron chi connectivity index (χ2n) is 6.92. The van der Waals surface area contributed by atoms with Gasteiger partial charge in [0.05, 0.1) is 16.4 Å². The molecule has 2 aromatic carbocycles. The Hall–Kier alpha value is -3.05. The number of rotatable bonds is 4. The molecule has 0 aliphatic carbocycles. The lowest BCUT2D eigenvalue weighted by atomic mass is 10.1. The molecule has 2 heterocycles. The van der Waals surface area contributed by atoms with Crippen molar-refractivity contribution in [3.63, 3.8) is 0 Å². The molecule has 142 valence electrons. The molecule has 2 aromatic heterocycles. The maximum atomic E-state index is 13.0. The molecule has 0 spiro atoms. The quantitative estimate of drug-likeness (QED) is 0.537. The number of aryl methyl sites for hydroxylation is 1. The highest BCUT2D eigenvalue weighted by molar-refractivity contribution is 6.38. The van der Waals surface area contributed by atoms with Crippen LogP contribution in [-0.2, 0) is 6.54 Å². The maximum absolute atomic E-state index is 13.0. The number of nitrogens with one attached hydrogen (secondary N) is 1. The van der Waals surface area contributed by atoms with Crippen LogP contribution in [0, 0.1) is 13.8 Å². The molecule has 0 unspecified atom stereocenters. The Bertz CT molecular complexity index is 1160. The third kappa shape index (κ3) is 3.08. The highest BCUT2D eigenvalue weighted by Crippen LogP contribution is 2.28. The molecule has 0 saturated heterocycles. The number of fused-ring (bicyclic) bond motifs is 1. The number of hydrogen-bond acceptors (Lipinski definition) is 2. The van der Waals surface area contributed by atoms with E-state index in [0.29, 0.717) is 17.3 Å². The van der Waals surface area contributed by atoms with Crippen LogP contribution < -0.4 is 0 Å². The summed E-state index contributed by atoms with van der Waals surface area (Å²) in [5, 5.41) is 5.97. The van der Waals surface area contributed by atoms with E-state index in [1.54, 1.807) is 11.9 Å². The fraction of sp³-hybridized carbons (Fsp3) is 0.182. The average Bonchev–Trinajstić information content (AvgIpc) is 3.19. The minimum atomic E-state index is -0.146. The molecule has 4 aromatic rings. The largest absolute Gasteiger partial charge is 0.349 e. The number of aromatic nitrogens is 3. The second kappa shape index (κ2) is 7.17. The SMILES string of the molecule is Cc1nn(-c2ccccc2)c(C)c1CN(C)C(=O)c1[nH]c2ccccc2c1Cl. The van der Waals surface area contributed by atoms with Crippen LogP contribution in [0.2, 0.25) is 5.02 Å². The van der Waals surface area contributed by atoms with Gasteiger partial charge in [0.2, 0.25) is 0 Å². The Morgan fingerprint density at radius 2 is 1.79 bits per heavy atom. The third-order valence-corrected chi connectivity index (χ3v) is 5.43. The van der Waals surface area contributed by atoms with Gasteiger partial charge in [-0.25, -0.2) is 4.68 Å². The first-order chi connectivity index (χ1) is 13.5. The number of carbonyl (C=O) groups is 1. The topological polar surface area (TPSA) is 53.9 Å². The fourth-order valence-electron chi connectivity index (χ4n) is 3.48. The summed E-state index contributed by atoms with van der Waals surface area (Å²) in [6, 6.07) is 17.6. The Balaban J connectivity index is 1.63. The third-order valence-electron chi connectivity index (χ3n) is 5.04. The normalized spacial score (nSPS) is 11.1. The zero-order valence-corrected chi connectivity index (χ0v) is 16.8. The van der Waals surface area contributed by atoms with Gasteiger partial charge in [-0.15, -0.1) is 0 Å². The number of nitrogens with zero attached hydrogens (tertiary/aromatic N) is 3. The van der Waals surface area contributed by atoms with E-state index in [2.05, 4.69) is 10.1 Å². The summed E-state index contributed by atoms with van der Waals surface area (Å²) in [5.74, 6) is -0.146. The van der Waals surface area contributed by atoms with E-state index in [-0.39, 0.29) is 5.91 Å². The van der Waals surface area contributed by atoms with Gasteiger partial charge in [-0.1, -0.05) is 48.0 Å². The van der Waals surface area contributed by atoms with Gasteiger partial charge in [0.25, 0.3) is 5.91 Å². The molecule has 1 N–H and O–H groups in total. The van der Waals surface area contributed by atoms with Crippen molar-refractivity contribution >= 4 is 28.4 Å². The Labute approximate surface area is 168 Å². The smallest absolute Gasteiger partial charge is 0.271 e. The lowest BCUT2D eigenvalue weighted by Crippen LogP contribution is -2.27. The first kappa shape index (κ1) is 18.3. The standard InChI is InChI=1S/C22H21ClN4O/c1-14-18(15(2)27(25-14)16-9-5-4-6-10-16)13-26(3)22(28)21-20(23)17-11-7-8-12-19(17)24-21/h4-12,24H,13H2,1-3H3. The number of benzene rings is 2. The van der Waals surface area contributed by atoms with Gasteiger partial charge in [0.1, 0.15) is 5.69 Å². The van der Waals surface area contributed by atoms with E-state index in [0.717, 1.165) is 33.5 Å². The van der Waals surface area contributed by atoms with E-state index in [1.165, 1.54) is 0 Å². The van der Waals surface area contributed by atoms with Crippen molar-refractivity contribution in [2.24, 2.45) is 0 Å². The molecule has 28 heavy (non-hydrogen) atoms. The maximum Gasteiger partial charge on any atom is 0.271 e. The summed E-state index contributed by atoms with van der Waals surface area (Å²) in [6.45, 7) is 4.45. The van der Waals surface area contributed by atoms with E-state index >= 15 is 0 Å². The first-order valence-electron chi connectivity index (χ1n) is 9.09. The second-order valence-corrected chi connectivity index (χ2v) is 7.30. The summed E-state index contributed by atoms with van der Waals surface area (Å²) < 4.78 is 1.92. The number of para-hydroxylation sites is 2. The minimum Gasteiger partial charge on any atom is -0.349 e. The van der Waals surface area contributed by atoms with Crippen LogP contribution in [0.1, 0.15) is 27.4 Å². The number of halogens is 1. The van der Waals surface area contributed by atoms with Crippen LogP contribution in [0.25, 0.3) is 16.6 Å². The molecule has 0 radical (unpaired) electrons. The van der Waals surface area contributed by atoms with Gasteiger partial charge in [-0.2, -0.15) is 5.10 Å². The van der Waals surface area contributed by atoms with Gasteiger partial charge in [-0.05, 0) is 32.0 Å². The molecule has 6 heteroatoms. The van der Waals surface area contributed by atoms with Crippen molar-refractivity contribution in [3.05, 3.63) is 82.3 Å². The van der Waals surface area contributed by atoms with Crippen molar-refractivity contribution in [1.82, 2.24) is 19.7 Å². The first-order valence-corrected chi connectivity index (χ1v) is 9.47. The highest BCUT2D eigenvalue weighted by atomic mass is 35.5. The monoisotopic (exact) mass is 392 g/mol. The molecule has 0 aliphatic heterocycles. The minimum absolute atomic E-state index is 0.146. The van der Waals surface area contributed by atoms with E-state index in [9.17, 15) is 4.79 Å². The van der Waals surface area contributed by atoms with Gasteiger partial charge in [0.15, 0.2) is 0 Å². The van der Waals surface area contributed by atoms with E-state index in [4.69, 9.17) is 11.6 Å². The van der Waals surface area contributed by atoms with Crippen LogP contribution >= 0.6 is 11.6 Å². The molecule has 1 amide bonds. The lowest BCUT2D eigenvalue weighted by molar-refractivity contribution is 0.0780. The Kier molecular flexibility index (Phi) is 4.69. The molecule has 0 bridgehead atoms. The fourth-order valence-corrected chi connectivity index (χ4v) is 3.77. The summed E-state index contributed by atoms with van der Waals surface area (Å²) in [5.41, 5.74) is 5.23. The predicted molar refractivity (Wildman–Crippen MR) is 112 cm³/mol. The molecule has 0 fully saturated rings. The summed E-state index contributed by atoms with van der Waals surface area (Å²) in [7, 11) is 1.78. The number of carbonyl (C=O) groups excluding carboxylic acids is 1. The summed E-state index contributed by atoms with van der Waals surface area (Å²) >= 11 is 6.45. The van der Waals surface area contributed by atoms with Crippen molar-refractivity contribution < 1.29 is 4.79 Å². The predicted octanol–water partition coefficient (Wildman–Crippen LogP) is 4.90. The molecule has 0 aliphatic rings. The molecular formula is C22H21ClN4O. The Morgan fingerprint density at radius 3 is 2.50 bits per heavy atom. The highest BCUT2D eigenvalue weighted by Gasteiger charge is 2.22. The average molecular weight is 393 g/mol. The van der Waals surface area contributed by atoms with E-state index in [1.807, 2.05) is 73.1 Å². The van der Waals surface area contributed by atoms with E-state index < -0.39 is 0 Å². The van der Waals surface area contributed by atoms with Crippen molar-refractivity contribution in [3.8, 4) is 5.69 Å². The Morgan fingerprint density at radius 1 is 1.11 bits per heavy atom. The number of aromatic amines is 1. The van der Waals surface area contributed by atoms with Crippen molar-refractivity contribution in [1.29, 1.82) is 0 Å². The van der Waals surface area contributed by atoms with Crippen LogP contribution in [-0.4, -0.2) is 32.6 Å². The zero-order chi connectivity index (χ0) is 19.8. The lowest BCUT2D eigenvalue weighted by Gasteiger charge is -2.17. The van der Waals surface area contributed by atoms with Gasteiger partial charge < -0.3 is 9.88 Å². The number of hydrogen-bond donors (Lipinski definition) is 1. The molecule has 0 atom stereocenters. The van der Waals surface area contributed by atoms with Gasteiger partial charge in [-0.3, -0.25) is 4.79 Å².